The van der Waals surface area contributed by atoms with Crippen molar-refractivity contribution in [2.45, 2.75) is 6.61 Å². The van der Waals surface area contributed by atoms with Crippen molar-refractivity contribution < 1.29 is 14.3 Å². The molecule has 0 amide bonds. The van der Waals surface area contributed by atoms with E-state index in [1.54, 1.807) is 74.0 Å². The summed E-state index contributed by atoms with van der Waals surface area (Å²) < 4.78 is 6.94. The maximum absolute atomic E-state index is 13.1. The lowest BCUT2D eigenvalue weighted by Crippen LogP contribution is -2.42. The van der Waals surface area contributed by atoms with E-state index in [0.29, 0.717) is 32.8 Å². The van der Waals surface area contributed by atoms with E-state index in [4.69, 9.17) is 9.57 Å². The van der Waals surface area contributed by atoms with Crippen LogP contribution in [0.1, 0.15) is 5.69 Å². The third kappa shape index (κ3) is 3.14. The fourth-order valence-corrected chi connectivity index (χ4v) is 2.95. The number of rotatable bonds is 5. The first-order chi connectivity index (χ1) is 13.7. The van der Waals surface area contributed by atoms with E-state index < -0.39 is 5.56 Å². The predicted octanol–water partition coefficient (Wildman–Crippen LogP) is 2.33. The Morgan fingerprint density at radius 2 is 1.79 bits per heavy atom. The summed E-state index contributed by atoms with van der Waals surface area (Å²) in [6.07, 6.45) is 1.65. The molecule has 0 radical (unpaired) electrons. The Kier molecular flexibility index (Phi) is 4.63. The van der Waals surface area contributed by atoms with E-state index in [9.17, 15) is 10.0 Å². The van der Waals surface area contributed by atoms with Crippen molar-refractivity contribution in [2.75, 3.05) is 7.11 Å². The van der Waals surface area contributed by atoms with Crippen LogP contribution < -0.4 is 19.9 Å². The maximum Gasteiger partial charge on any atom is 0.357 e. The van der Waals surface area contributed by atoms with Crippen LogP contribution in [-0.2, 0) is 6.61 Å². The average molecular weight is 375 g/mol. The zero-order chi connectivity index (χ0) is 19.5. The van der Waals surface area contributed by atoms with Gasteiger partial charge in [0.1, 0.15) is 5.75 Å². The number of pyridine rings is 1. The highest BCUT2D eigenvalue weighted by Crippen LogP contribution is 2.19. The van der Waals surface area contributed by atoms with E-state index in [1.165, 1.54) is 0 Å². The predicted molar refractivity (Wildman–Crippen MR) is 104 cm³/mol. The van der Waals surface area contributed by atoms with Gasteiger partial charge in [0.25, 0.3) is 5.69 Å². The van der Waals surface area contributed by atoms with Crippen molar-refractivity contribution in [3.8, 4) is 17.0 Å². The second kappa shape index (κ2) is 7.40. The molecule has 2 aromatic heterocycles. The van der Waals surface area contributed by atoms with Gasteiger partial charge in [-0.1, -0.05) is 18.2 Å². The quantitative estimate of drug-likeness (QED) is 0.395. The zero-order valence-corrected chi connectivity index (χ0v) is 15.1. The van der Waals surface area contributed by atoms with Crippen LogP contribution in [0.25, 0.3) is 22.3 Å². The molecule has 4 rings (SSSR count). The van der Waals surface area contributed by atoms with Crippen LogP contribution in [0, 0.1) is 5.21 Å². The molecule has 4 aromatic rings. The van der Waals surface area contributed by atoms with Crippen molar-refractivity contribution in [1.29, 1.82) is 0 Å². The van der Waals surface area contributed by atoms with Gasteiger partial charge < -0.3 is 14.8 Å². The van der Waals surface area contributed by atoms with Crippen molar-refractivity contribution in [1.82, 2.24) is 9.71 Å². The van der Waals surface area contributed by atoms with Crippen LogP contribution in [0.15, 0.2) is 77.7 Å². The highest BCUT2D eigenvalue weighted by Gasteiger charge is 2.23. The van der Waals surface area contributed by atoms with E-state index in [0.717, 1.165) is 4.73 Å². The Balaban J connectivity index is 1.87. The monoisotopic (exact) mass is 375 g/mol. The van der Waals surface area contributed by atoms with Crippen molar-refractivity contribution in [3.63, 3.8) is 0 Å². The fraction of sp³-hybridized carbons (Fsp3) is 0.0952. The van der Waals surface area contributed by atoms with Crippen LogP contribution in [-0.4, -0.2) is 16.8 Å². The molecule has 0 saturated heterocycles. The number of methoxy groups -OCH3 is 1. The molecule has 0 fully saturated rings. The summed E-state index contributed by atoms with van der Waals surface area (Å²) in [7, 11) is 1.55. The largest absolute Gasteiger partial charge is 0.618 e. The van der Waals surface area contributed by atoms with Crippen LogP contribution >= 0.6 is 0 Å². The summed E-state index contributed by atoms with van der Waals surface area (Å²) in [6.45, 7) is 0.0929. The molecule has 2 aromatic carbocycles. The van der Waals surface area contributed by atoms with E-state index in [2.05, 4.69) is 4.98 Å². The summed E-state index contributed by atoms with van der Waals surface area (Å²) >= 11 is 0. The topological polar surface area (TPSA) is 80.3 Å². The Morgan fingerprint density at radius 3 is 2.50 bits per heavy atom. The minimum absolute atomic E-state index is 0.0256. The van der Waals surface area contributed by atoms with E-state index in [-0.39, 0.29) is 12.3 Å². The number of aromatic nitrogens is 3. The lowest BCUT2D eigenvalue weighted by molar-refractivity contribution is -0.566. The normalized spacial score (nSPS) is 10.8. The van der Waals surface area contributed by atoms with Crippen LogP contribution in [0.5, 0.6) is 5.75 Å². The molecule has 0 bridgehead atoms. The SMILES string of the molecule is COc1ccc(-c2c(=O)n(OCc3ccccn3)c3ccccc3[n+]2[O-])cc1. The molecular weight excluding hydrogens is 358 g/mol. The van der Waals surface area contributed by atoms with Gasteiger partial charge in [0.15, 0.2) is 12.1 Å². The van der Waals surface area contributed by atoms with Gasteiger partial charge in [-0.25, -0.2) is 0 Å². The number of benzene rings is 2. The Labute approximate surface area is 160 Å². The molecule has 28 heavy (non-hydrogen) atoms. The number of nitrogens with zero attached hydrogens (tertiary/aromatic N) is 3. The summed E-state index contributed by atoms with van der Waals surface area (Å²) in [5, 5.41) is 12.9. The standard InChI is InChI=1S/C21H17N3O4/c1-27-17-11-9-15(10-12-17)20-21(25)24(28-14-16-6-4-5-13-22-16)19-8-3-2-7-18(19)23(20)26/h2-13H,14H2,1H3. The number of hydrogen-bond donors (Lipinski definition) is 0. The Morgan fingerprint density at radius 1 is 1.04 bits per heavy atom. The van der Waals surface area contributed by atoms with Gasteiger partial charge in [-0.2, -0.15) is 4.73 Å². The number of fused-ring (bicyclic) bond motifs is 1. The molecule has 0 N–H and O–H groups in total. The smallest absolute Gasteiger partial charge is 0.357 e. The molecule has 0 saturated carbocycles. The van der Waals surface area contributed by atoms with Gasteiger partial charge in [-0.05, 0) is 42.5 Å². The molecule has 0 aliphatic heterocycles. The summed E-state index contributed by atoms with van der Waals surface area (Å²) in [4.78, 5) is 23.1. The van der Waals surface area contributed by atoms with Crippen molar-refractivity contribution >= 4 is 11.0 Å². The van der Waals surface area contributed by atoms with Crippen LogP contribution in [0.2, 0.25) is 0 Å². The molecule has 2 heterocycles. The van der Waals surface area contributed by atoms with Gasteiger partial charge >= 0.3 is 5.56 Å². The van der Waals surface area contributed by atoms with Crippen LogP contribution in [0.3, 0.4) is 0 Å². The Hall–Kier alpha value is -3.87. The molecule has 0 unspecified atom stereocenters. The number of para-hydroxylation sites is 2. The van der Waals surface area contributed by atoms with Crippen molar-refractivity contribution in [3.05, 3.63) is 94.2 Å². The first kappa shape index (κ1) is 17.5. The first-order valence-electron chi connectivity index (χ1n) is 8.64. The minimum atomic E-state index is -0.546. The lowest BCUT2D eigenvalue weighted by atomic mass is 10.1. The molecule has 0 spiro atoms. The third-order valence-corrected chi connectivity index (χ3v) is 4.34. The molecule has 0 aliphatic carbocycles. The average Bonchev–Trinajstić information content (AvgIpc) is 2.75. The molecule has 140 valence electrons. The van der Waals surface area contributed by atoms with Gasteiger partial charge in [-0.15, -0.1) is 4.73 Å². The molecule has 0 aliphatic rings. The highest BCUT2D eigenvalue weighted by molar-refractivity contribution is 5.73. The van der Waals surface area contributed by atoms with Crippen molar-refractivity contribution in [2.24, 2.45) is 0 Å². The number of ether oxygens (including phenoxy) is 1. The molecule has 7 nitrogen and oxygen atoms in total. The van der Waals surface area contributed by atoms with E-state index in [1.807, 2.05) is 6.07 Å². The van der Waals surface area contributed by atoms with Gasteiger partial charge in [-0.3, -0.25) is 9.78 Å². The lowest BCUT2D eigenvalue weighted by Gasteiger charge is -2.14. The fourth-order valence-electron chi connectivity index (χ4n) is 2.95. The molecule has 0 atom stereocenters. The summed E-state index contributed by atoms with van der Waals surface area (Å²) in [6, 6.07) is 19.0. The maximum atomic E-state index is 13.1. The van der Waals surface area contributed by atoms with Crippen LogP contribution in [0.4, 0.5) is 0 Å². The highest BCUT2D eigenvalue weighted by atomic mass is 16.7. The van der Waals surface area contributed by atoms with Gasteiger partial charge in [0.2, 0.25) is 5.52 Å². The second-order valence-electron chi connectivity index (χ2n) is 6.05. The summed E-state index contributed by atoms with van der Waals surface area (Å²) in [5.74, 6) is 0.633. The number of hydrogen-bond acceptors (Lipinski definition) is 5. The Bertz CT molecular complexity index is 1170. The second-order valence-corrected chi connectivity index (χ2v) is 6.05. The van der Waals surface area contributed by atoms with Gasteiger partial charge in [0, 0.05) is 12.3 Å². The van der Waals surface area contributed by atoms with Gasteiger partial charge in [0.05, 0.1) is 18.4 Å². The third-order valence-electron chi connectivity index (χ3n) is 4.34. The molecular formula is C21H17N3O4. The van der Waals surface area contributed by atoms with E-state index >= 15 is 0 Å². The first-order valence-corrected chi connectivity index (χ1v) is 8.64. The zero-order valence-electron chi connectivity index (χ0n) is 15.1. The molecule has 7 heteroatoms. The summed E-state index contributed by atoms with van der Waals surface area (Å²) in [5.41, 5.74) is 1.28. The minimum Gasteiger partial charge on any atom is -0.618 e.